The van der Waals surface area contributed by atoms with Gasteiger partial charge in [-0.2, -0.15) is 0 Å². The van der Waals surface area contributed by atoms with Crippen molar-refractivity contribution in [1.82, 2.24) is 4.57 Å². The molecule has 1 aliphatic heterocycles. The summed E-state index contributed by atoms with van der Waals surface area (Å²) in [5.74, 6) is 0.804. The third-order valence-electron chi connectivity index (χ3n) is 3.55. The molecule has 1 aliphatic rings. The number of hydrogen-bond donors (Lipinski definition) is 2. The average molecular weight is 345 g/mol. The first-order valence-corrected chi connectivity index (χ1v) is 7.88. The van der Waals surface area contributed by atoms with E-state index in [0.717, 1.165) is 0 Å². The maximum absolute atomic E-state index is 12.1. The molecule has 0 fully saturated rings. The highest BCUT2D eigenvalue weighted by atomic mass is 16.6. The molecule has 0 spiro atoms. The predicted molar refractivity (Wildman–Crippen MR) is 91.4 cm³/mol. The molecule has 3 rings (SSSR count). The second-order valence-corrected chi connectivity index (χ2v) is 5.38. The van der Waals surface area contributed by atoms with Crippen LogP contribution in [-0.4, -0.2) is 36.4 Å². The van der Waals surface area contributed by atoms with Gasteiger partial charge in [0.2, 0.25) is 0 Å². The number of amides is 2. The van der Waals surface area contributed by atoms with Gasteiger partial charge in [-0.05, 0) is 25.1 Å². The number of carbonyl (C=O) groups is 2. The van der Waals surface area contributed by atoms with E-state index < -0.39 is 12.0 Å². The molecule has 8 heteroatoms. The van der Waals surface area contributed by atoms with Crippen LogP contribution in [0.3, 0.4) is 0 Å². The van der Waals surface area contributed by atoms with Crippen molar-refractivity contribution in [3.63, 3.8) is 0 Å². The summed E-state index contributed by atoms with van der Waals surface area (Å²) in [5.41, 5.74) is 1.42. The largest absolute Gasteiger partial charge is 0.486 e. The Morgan fingerprint density at radius 2 is 1.84 bits per heavy atom. The topological polar surface area (TPSA) is 90.8 Å². The van der Waals surface area contributed by atoms with Crippen LogP contribution in [0.5, 0.6) is 11.5 Å². The highest BCUT2D eigenvalue weighted by molar-refractivity contribution is 6.01. The number of nitrogens with one attached hydrogen (secondary N) is 2. The number of anilines is 2. The van der Waals surface area contributed by atoms with Crippen LogP contribution in [0, 0.1) is 0 Å². The van der Waals surface area contributed by atoms with Crippen LogP contribution < -0.4 is 20.1 Å². The number of aryl methyl sites for hydroxylation is 1. The lowest BCUT2D eigenvalue weighted by molar-refractivity contribution is 0.0515. The summed E-state index contributed by atoms with van der Waals surface area (Å²) < 4.78 is 17.5. The zero-order chi connectivity index (χ0) is 17.8. The summed E-state index contributed by atoms with van der Waals surface area (Å²) in [6, 6.07) is 6.29. The van der Waals surface area contributed by atoms with E-state index in [2.05, 4.69) is 10.6 Å². The minimum Gasteiger partial charge on any atom is -0.486 e. The van der Waals surface area contributed by atoms with E-state index in [1.54, 1.807) is 49.0 Å². The maximum atomic E-state index is 12.1. The molecule has 25 heavy (non-hydrogen) atoms. The normalized spacial score (nSPS) is 12.4. The van der Waals surface area contributed by atoms with Gasteiger partial charge < -0.3 is 29.4 Å². The van der Waals surface area contributed by atoms with Crippen LogP contribution in [0.15, 0.2) is 30.5 Å². The second-order valence-electron chi connectivity index (χ2n) is 5.38. The molecule has 2 amide bonds. The molecule has 8 nitrogen and oxygen atoms in total. The van der Waals surface area contributed by atoms with E-state index in [9.17, 15) is 9.59 Å². The lowest BCUT2D eigenvalue weighted by atomic mass is 10.2. The first kappa shape index (κ1) is 16.7. The van der Waals surface area contributed by atoms with Gasteiger partial charge in [0.05, 0.1) is 12.3 Å². The Bertz CT molecular complexity index is 800. The number of nitrogens with zero attached hydrogens (tertiary/aromatic N) is 1. The number of benzene rings is 1. The van der Waals surface area contributed by atoms with Crippen LogP contribution >= 0.6 is 0 Å². The monoisotopic (exact) mass is 345 g/mol. The van der Waals surface area contributed by atoms with Crippen molar-refractivity contribution in [2.75, 3.05) is 30.5 Å². The number of rotatable bonds is 4. The molecule has 0 bridgehead atoms. The molecule has 2 aromatic rings. The standard InChI is InChI=1S/C17H19N3O5/c1-3-23-16(21)13-8-12(10-20(13)2)19-17(22)18-11-4-5-14-15(9-11)25-7-6-24-14/h4-5,8-10H,3,6-7H2,1-2H3,(H2,18,19,22). The Balaban J connectivity index is 1.65. The van der Waals surface area contributed by atoms with Crippen molar-refractivity contribution >= 4 is 23.4 Å². The van der Waals surface area contributed by atoms with Crippen LogP contribution in [-0.2, 0) is 11.8 Å². The minimum absolute atomic E-state index is 0.289. The van der Waals surface area contributed by atoms with Gasteiger partial charge in [0, 0.05) is 25.0 Å². The quantitative estimate of drug-likeness (QED) is 0.831. The average Bonchev–Trinajstić information content (AvgIpc) is 2.95. The fourth-order valence-electron chi connectivity index (χ4n) is 2.46. The van der Waals surface area contributed by atoms with E-state index in [4.69, 9.17) is 14.2 Å². The Labute approximate surface area is 144 Å². The van der Waals surface area contributed by atoms with Crippen LogP contribution in [0.2, 0.25) is 0 Å². The van der Waals surface area contributed by atoms with Crippen LogP contribution in [0.1, 0.15) is 17.4 Å². The van der Waals surface area contributed by atoms with E-state index in [1.165, 1.54) is 0 Å². The van der Waals surface area contributed by atoms with Crippen LogP contribution in [0.25, 0.3) is 0 Å². The Hall–Kier alpha value is -3.16. The molecule has 2 heterocycles. The molecular formula is C17H19N3O5. The number of hydrogen-bond acceptors (Lipinski definition) is 5. The number of carbonyl (C=O) groups excluding carboxylic acids is 2. The van der Waals surface area contributed by atoms with E-state index in [-0.39, 0.29) is 6.61 Å². The highest BCUT2D eigenvalue weighted by Crippen LogP contribution is 2.32. The molecule has 1 aromatic heterocycles. The summed E-state index contributed by atoms with van der Waals surface area (Å²) in [6.45, 7) is 3.01. The second kappa shape index (κ2) is 7.16. The Morgan fingerprint density at radius 3 is 2.60 bits per heavy atom. The summed E-state index contributed by atoms with van der Waals surface area (Å²) in [5, 5.41) is 5.39. The van der Waals surface area contributed by atoms with Crippen molar-refractivity contribution in [2.45, 2.75) is 6.92 Å². The number of esters is 1. The summed E-state index contributed by atoms with van der Waals surface area (Å²) in [6.07, 6.45) is 1.63. The van der Waals surface area contributed by atoms with Crippen molar-refractivity contribution in [1.29, 1.82) is 0 Å². The number of fused-ring (bicyclic) bond motifs is 1. The highest BCUT2D eigenvalue weighted by Gasteiger charge is 2.15. The van der Waals surface area contributed by atoms with Crippen molar-refractivity contribution in [3.8, 4) is 11.5 Å². The molecule has 0 saturated carbocycles. The Kier molecular flexibility index (Phi) is 4.78. The van der Waals surface area contributed by atoms with Gasteiger partial charge in [0.1, 0.15) is 18.9 Å². The smallest absolute Gasteiger partial charge is 0.355 e. The zero-order valence-corrected chi connectivity index (χ0v) is 14.0. The van der Waals surface area contributed by atoms with Gasteiger partial charge in [0.15, 0.2) is 11.5 Å². The SMILES string of the molecule is CCOC(=O)c1cc(NC(=O)Nc2ccc3c(c2)OCCO3)cn1C. The lowest BCUT2D eigenvalue weighted by Crippen LogP contribution is -2.20. The molecule has 0 saturated heterocycles. The summed E-state index contributed by atoms with van der Waals surface area (Å²) in [4.78, 5) is 23.9. The third kappa shape index (κ3) is 3.85. The molecule has 0 radical (unpaired) electrons. The third-order valence-corrected chi connectivity index (χ3v) is 3.55. The van der Waals surface area contributed by atoms with Crippen LogP contribution in [0.4, 0.5) is 16.2 Å². The molecular weight excluding hydrogens is 326 g/mol. The molecule has 2 N–H and O–H groups in total. The van der Waals surface area contributed by atoms with Gasteiger partial charge in [-0.15, -0.1) is 0 Å². The molecule has 0 aliphatic carbocycles. The number of ether oxygens (including phenoxy) is 3. The Morgan fingerprint density at radius 1 is 1.12 bits per heavy atom. The molecule has 132 valence electrons. The first-order valence-electron chi connectivity index (χ1n) is 7.88. The van der Waals surface area contributed by atoms with Gasteiger partial charge in [-0.1, -0.05) is 0 Å². The zero-order valence-electron chi connectivity index (χ0n) is 14.0. The van der Waals surface area contributed by atoms with Gasteiger partial charge in [0.25, 0.3) is 0 Å². The molecule has 0 atom stereocenters. The van der Waals surface area contributed by atoms with Gasteiger partial charge in [-0.3, -0.25) is 0 Å². The van der Waals surface area contributed by atoms with E-state index >= 15 is 0 Å². The fourth-order valence-corrected chi connectivity index (χ4v) is 2.46. The van der Waals surface area contributed by atoms with Crippen molar-refractivity contribution in [3.05, 3.63) is 36.2 Å². The van der Waals surface area contributed by atoms with Crippen molar-refractivity contribution < 1.29 is 23.8 Å². The first-order chi connectivity index (χ1) is 12.1. The van der Waals surface area contributed by atoms with Crippen molar-refractivity contribution in [2.24, 2.45) is 7.05 Å². The predicted octanol–water partition coefficient (Wildman–Crippen LogP) is 2.62. The summed E-state index contributed by atoms with van der Waals surface area (Å²) in [7, 11) is 1.70. The fraction of sp³-hybridized carbons (Fsp3) is 0.294. The minimum atomic E-state index is -0.440. The summed E-state index contributed by atoms with van der Waals surface area (Å²) >= 11 is 0. The maximum Gasteiger partial charge on any atom is 0.355 e. The van der Waals surface area contributed by atoms with E-state index in [1.807, 2.05) is 0 Å². The lowest BCUT2D eigenvalue weighted by Gasteiger charge is -2.19. The molecule has 0 unspecified atom stereocenters. The number of aromatic nitrogens is 1. The van der Waals surface area contributed by atoms with E-state index in [0.29, 0.717) is 41.8 Å². The van der Waals surface area contributed by atoms with Gasteiger partial charge >= 0.3 is 12.0 Å². The molecule has 1 aromatic carbocycles. The van der Waals surface area contributed by atoms with Gasteiger partial charge in [-0.25, -0.2) is 9.59 Å². The number of urea groups is 1.